The number of nitrogens with zero attached hydrogens (tertiary/aromatic N) is 1. The molecule has 0 aromatic heterocycles. The Kier molecular flexibility index (Phi) is 3.52. The van der Waals surface area contributed by atoms with Gasteiger partial charge < -0.3 is 4.74 Å². The molecule has 0 saturated carbocycles. The predicted molar refractivity (Wildman–Crippen MR) is 77.6 cm³/mol. The molecular formula is C14H16ClNO3S. The zero-order valence-corrected chi connectivity index (χ0v) is 12.7. The minimum Gasteiger partial charge on any atom is -0.495 e. The van der Waals surface area contributed by atoms with Crippen molar-refractivity contribution in [3.63, 3.8) is 0 Å². The van der Waals surface area contributed by atoms with E-state index in [1.807, 2.05) is 6.08 Å². The number of sulfonamides is 1. The molecule has 20 heavy (non-hydrogen) atoms. The molecule has 0 radical (unpaired) electrons. The number of halogens is 1. The van der Waals surface area contributed by atoms with E-state index in [2.05, 4.69) is 6.08 Å². The molecule has 4 nitrogen and oxygen atoms in total. The van der Waals surface area contributed by atoms with Crippen molar-refractivity contribution in [3.05, 3.63) is 35.4 Å². The summed E-state index contributed by atoms with van der Waals surface area (Å²) in [5.74, 6) is 0.479. The van der Waals surface area contributed by atoms with Crippen molar-refractivity contribution in [1.29, 1.82) is 0 Å². The summed E-state index contributed by atoms with van der Waals surface area (Å²) in [6.07, 6.45) is 6.67. The van der Waals surface area contributed by atoms with Gasteiger partial charge in [0.05, 0.1) is 17.0 Å². The topological polar surface area (TPSA) is 46.6 Å². The molecule has 0 N–H and O–H groups in total. The normalized spacial score (nSPS) is 25.9. The Balaban J connectivity index is 2.00. The van der Waals surface area contributed by atoms with Crippen LogP contribution >= 0.6 is 11.6 Å². The van der Waals surface area contributed by atoms with Crippen molar-refractivity contribution in [2.75, 3.05) is 7.11 Å². The van der Waals surface area contributed by atoms with E-state index in [1.54, 1.807) is 16.4 Å². The summed E-state index contributed by atoms with van der Waals surface area (Å²) in [6, 6.07) is 4.68. The van der Waals surface area contributed by atoms with Gasteiger partial charge in [0, 0.05) is 12.1 Å². The Morgan fingerprint density at radius 3 is 2.80 bits per heavy atom. The van der Waals surface area contributed by atoms with Crippen LogP contribution in [-0.4, -0.2) is 31.9 Å². The standard InChI is InChI=1S/C14H16ClNO3S/c1-19-14-8-7-12(9-13(14)15)20(17,18)16-10-3-2-4-11(16)6-5-10/h2-3,7-11H,4-6H2,1H3. The Hall–Kier alpha value is -1.04. The fraction of sp³-hybridized carbons (Fsp3) is 0.429. The maximum atomic E-state index is 12.8. The average Bonchev–Trinajstić information content (AvgIpc) is 2.70. The minimum atomic E-state index is -3.50. The van der Waals surface area contributed by atoms with Gasteiger partial charge in [0.25, 0.3) is 0 Å². The van der Waals surface area contributed by atoms with Gasteiger partial charge in [-0.1, -0.05) is 23.8 Å². The van der Waals surface area contributed by atoms with Gasteiger partial charge >= 0.3 is 0 Å². The maximum absolute atomic E-state index is 12.8. The molecule has 0 amide bonds. The lowest BCUT2D eigenvalue weighted by molar-refractivity contribution is 0.341. The first-order valence-corrected chi connectivity index (χ1v) is 8.39. The van der Waals surface area contributed by atoms with Crippen molar-refractivity contribution in [1.82, 2.24) is 4.31 Å². The highest BCUT2D eigenvalue weighted by Crippen LogP contribution is 2.37. The van der Waals surface area contributed by atoms with E-state index in [9.17, 15) is 8.42 Å². The molecule has 0 aliphatic carbocycles. The highest BCUT2D eigenvalue weighted by molar-refractivity contribution is 7.89. The third-order valence-corrected chi connectivity index (χ3v) is 6.22. The Bertz CT molecular complexity index is 656. The highest BCUT2D eigenvalue weighted by atomic mass is 35.5. The fourth-order valence-electron chi connectivity index (χ4n) is 2.99. The Morgan fingerprint density at radius 2 is 2.15 bits per heavy atom. The van der Waals surface area contributed by atoms with Crippen LogP contribution in [0.1, 0.15) is 19.3 Å². The first-order valence-electron chi connectivity index (χ1n) is 6.58. The predicted octanol–water partition coefficient (Wildman–Crippen LogP) is 2.83. The summed E-state index contributed by atoms with van der Waals surface area (Å²) in [6.45, 7) is 0. The van der Waals surface area contributed by atoms with Gasteiger partial charge in [-0.2, -0.15) is 4.31 Å². The van der Waals surface area contributed by atoms with E-state index in [-0.39, 0.29) is 17.0 Å². The fourth-order valence-corrected chi connectivity index (χ4v) is 5.18. The van der Waals surface area contributed by atoms with E-state index in [1.165, 1.54) is 13.2 Å². The van der Waals surface area contributed by atoms with Crippen LogP contribution in [0.5, 0.6) is 5.75 Å². The molecule has 1 aromatic carbocycles. The molecule has 3 rings (SSSR count). The Morgan fingerprint density at radius 1 is 1.35 bits per heavy atom. The zero-order chi connectivity index (χ0) is 14.3. The van der Waals surface area contributed by atoms with Crippen LogP contribution in [-0.2, 0) is 10.0 Å². The summed E-state index contributed by atoms with van der Waals surface area (Å²) >= 11 is 6.04. The van der Waals surface area contributed by atoms with E-state index >= 15 is 0 Å². The molecule has 2 unspecified atom stereocenters. The first kappa shape index (κ1) is 13.9. The third kappa shape index (κ3) is 2.14. The SMILES string of the molecule is COc1ccc(S(=O)(=O)N2C3C=CCC2CC3)cc1Cl. The number of methoxy groups -OCH3 is 1. The molecule has 1 saturated heterocycles. The van der Waals surface area contributed by atoms with Crippen LogP contribution in [0.15, 0.2) is 35.2 Å². The van der Waals surface area contributed by atoms with E-state index < -0.39 is 10.0 Å². The number of hydrogen-bond donors (Lipinski definition) is 0. The summed E-state index contributed by atoms with van der Waals surface area (Å²) in [4.78, 5) is 0.232. The van der Waals surface area contributed by atoms with Crippen molar-refractivity contribution >= 4 is 21.6 Å². The number of rotatable bonds is 3. The summed E-state index contributed by atoms with van der Waals surface area (Å²) in [7, 11) is -2.00. The number of ether oxygens (including phenoxy) is 1. The van der Waals surface area contributed by atoms with Gasteiger partial charge in [0.1, 0.15) is 5.75 Å². The number of fused-ring (bicyclic) bond motifs is 2. The lowest BCUT2D eigenvalue weighted by atomic mass is 10.2. The molecule has 2 bridgehead atoms. The van der Waals surface area contributed by atoms with E-state index in [0.717, 1.165) is 19.3 Å². The summed E-state index contributed by atoms with van der Waals surface area (Å²) in [5.41, 5.74) is 0. The largest absolute Gasteiger partial charge is 0.495 e. The first-order chi connectivity index (χ1) is 9.54. The highest BCUT2D eigenvalue weighted by Gasteiger charge is 2.42. The smallest absolute Gasteiger partial charge is 0.243 e. The van der Waals surface area contributed by atoms with Crippen molar-refractivity contribution in [2.24, 2.45) is 0 Å². The van der Waals surface area contributed by atoms with Crippen molar-refractivity contribution < 1.29 is 13.2 Å². The van der Waals surface area contributed by atoms with Crippen LogP contribution < -0.4 is 4.74 Å². The van der Waals surface area contributed by atoms with Gasteiger partial charge in [0.2, 0.25) is 10.0 Å². The lowest BCUT2D eigenvalue weighted by Crippen LogP contribution is -2.41. The van der Waals surface area contributed by atoms with Gasteiger partial charge in [-0.05, 0) is 37.5 Å². The summed E-state index contributed by atoms with van der Waals surface area (Å²) < 4.78 is 32.3. The molecule has 0 spiro atoms. The molecule has 2 aliphatic heterocycles. The van der Waals surface area contributed by atoms with Crippen molar-refractivity contribution in [3.8, 4) is 5.75 Å². The molecule has 1 aromatic rings. The quantitative estimate of drug-likeness (QED) is 0.806. The van der Waals surface area contributed by atoms with Crippen molar-refractivity contribution in [2.45, 2.75) is 36.2 Å². The van der Waals surface area contributed by atoms with Crippen LogP contribution in [0.2, 0.25) is 5.02 Å². The molecule has 1 fully saturated rings. The minimum absolute atomic E-state index is 0.0142. The van der Waals surface area contributed by atoms with E-state index in [4.69, 9.17) is 16.3 Å². The number of benzene rings is 1. The molecule has 2 aliphatic rings. The van der Waals surface area contributed by atoms with Gasteiger partial charge in [0.15, 0.2) is 0 Å². The van der Waals surface area contributed by atoms with Crippen LogP contribution in [0.3, 0.4) is 0 Å². The second kappa shape index (κ2) is 5.06. The molecule has 6 heteroatoms. The Labute approximate surface area is 124 Å². The molecular weight excluding hydrogens is 298 g/mol. The molecule has 2 heterocycles. The zero-order valence-electron chi connectivity index (χ0n) is 11.1. The lowest BCUT2D eigenvalue weighted by Gasteiger charge is -2.30. The van der Waals surface area contributed by atoms with Crippen LogP contribution in [0.25, 0.3) is 0 Å². The third-order valence-electron chi connectivity index (χ3n) is 3.95. The second-order valence-electron chi connectivity index (χ2n) is 5.09. The second-order valence-corrected chi connectivity index (χ2v) is 7.34. The van der Waals surface area contributed by atoms with Crippen LogP contribution in [0, 0.1) is 0 Å². The van der Waals surface area contributed by atoms with Crippen LogP contribution in [0.4, 0.5) is 0 Å². The number of hydrogen-bond acceptors (Lipinski definition) is 3. The average molecular weight is 314 g/mol. The molecule has 108 valence electrons. The van der Waals surface area contributed by atoms with E-state index in [0.29, 0.717) is 10.8 Å². The molecule has 2 atom stereocenters. The summed E-state index contributed by atoms with van der Waals surface area (Å²) in [5, 5.41) is 0.313. The van der Waals surface area contributed by atoms with Gasteiger partial charge in [-0.25, -0.2) is 8.42 Å². The van der Waals surface area contributed by atoms with Gasteiger partial charge in [-0.3, -0.25) is 0 Å². The maximum Gasteiger partial charge on any atom is 0.243 e. The monoisotopic (exact) mass is 313 g/mol. The van der Waals surface area contributed by atoms with Gasteiger partial charge in [-0.15, -0.1) is 0 Å².